The van der Waals surface area contributed by atoms with E-state index in [0.29, 0.717) is 22.1 Å². The molecule has 0 N–H and O–H groups in total. The van der Waals surface area contributed by atoms with Gasteiger partial charge in [0.15, 0.2) is 0 Å². The fraction of sp³-hybridized carbons (Fsp3) is 0.105. The Morgan fingerprint density at radius 1 is 1.00 bits per heavy atom. The fourth-order valence-electron chi connectivity index (χ4n) is 2.66. The van der Waals surface area contributed by atoms with E-state index >= 15 is 0 Å². The van der Waals surface area contributed by atoms with Crippen LogP contribution in [-0.4, -0.2) is 19.7 Å². The first-order valence-electron chi connectivity index (χ1n) is 7.35. The van der Waals surface area contributed by atoms with Crippen molar-refractivity contribution < 1.29 is 27.4 Å². The predicted octanol–water partition coefficient (Wildman–Crippen LogP) is 5.03. The van der Waals surface area contributed by atoms with Crippen LogP contribution in [0, 0.1) is 5.82 Å². The molecule has 0 aromatic heterocycles. The molecule has 0 saturated carbocycles. The van der Waals surface area contributed by atoms with Crippen molar-refractivity contribution in [3.8, 4) is 16.9 Å². The number of fused-ring (bicyclic) bond motifs is 1. The van der Waals surface area contributed by atoms with Crippen molar-refractivity contribution in [2.24, 2.45) is 0 Å². The van der Waals surface area contributed by atoms with E-state index in [1.807, 2.05) is 6.07 Å². The first-order valence-corrected chi connectivity index (χ1v) is 7.35. The highest BCUT2D eigenvalue weighted by Crippen LogP contribution is 2.36. The summed E-state index contributed by atoms with van der Waals surface area (Å²) in [6.07, 6.45) is 0. The Balaban J connectivity index is 2.23. The average molecular weight is 346 g/mol. The number of hydrogen-bond donors (Lipinski definition) is 0. The molecule has 0 atom stereocenters. The number of esters is 1. The molecule has 0 bridgehead atoms. The van der Waals surface area contributed by atoms with E-state index in [-0.39, 0.29) is 5.75 Å². The summed E-state index contributed by atoms with van der Waals surface area (Å²) in [5.74, 6) is -1.47. The smallest absolute Gasteiger partial charge is 0.387 e. The Bertz CT molecular complexity index is 938. The lowest BCUT2D eigenvalue weighted by atomic mass is 9.96. The molecular formula is C19H13F3O3. The quantitative estimate of drug-likeness (QED) is 0.621. The molecule has 0 fully saturated rings. The lowest BCUT2D eigenvalue weighted by Crippen LogP contribution is -2.04. The third kappa shape index (κ3) is 3.42. The van der Waals surface area contributed by atoms with Gasteiger partial charge in [0.1, 0.15) is 11.6 Å². The molecule has 6 heteroatoms. The number of methoxy groups -OCH3 is 1. The SMILES string of the molecule is COC(=O)c1ccc2cccc(-c3ccc(F)cc3OC(F)F)c2c1. The largest absolute Gasteiger partial charge is 0.465 e. The van der Waals surface area contributed by atoms with E-state index in [0.717, 1.165) is 17.5 Å². The number of rotatable bonds is 4. The van der Waals surface area contributed by atoms with Crippen molar-refractivity contribution in [2.45, 2.75) is 6.61 Å². The maximum absolute atomic E-state index is 13.5. The van der Waals surface area contributed by atoms with Gasteiger partial charge in [-0.1, -0.05) is 24.3 Å². The van der Waals surface area contributed by atoms with Gasteiger partial charge in [0.2, 0.25) is 0 Å². The molecule has 0 amide bonds. The number of carbonyl (C=O) groups is 1. The molecule has 0 heterocycles. The van der Waals surface area contributed by atoms with Crippen molar-refractivity contribution >= 4 is 16.7 Å². The van der Waals surface area contributed by atoms with Gasteiger partial charge in [-0.15, -0.1) is 0 Å². The molecule has 3 aromatic rings. The Labute approximate surface area is 141 Å². The molecule has 0 spiro atoms. The Hall–Kier alpha value is -3.02. The highest BCUT2D eigenvalue weighted by atomic mass is 19.3. The normalized spacial score (nSPS) is 10.9. The highest BCUT2D eigenvalue weighted by Gasteiger charge is 2.15. The first-order chi connectivity index (χ1) is 12.0. The summed E-state index contributed by atoms with van der Waals surface area (Å²) in [4.78, 5) is 11.8. The van der Waals surface area contributed by atoms with Crippen LogP contribution in [0.1, 0.15) is 10.4 Å². The van der Waals surface area contributed by atoms with Crippen LogP contribution in [0.3, 0.4) is 0 Å². The third-order valence-corrected chi connectivity index (χ3v) is 3.75. The van der Waals surface area contributed by atoms with Gasteiger partial charge in [0.25, 0.3) is 0 Å². The zero-order valence-corrected chi connectivity index (χ0v) is 13.1. The van der Waals surface area contributed by atoms with Gasteiger partial charge in [-0.05, 0) is 40.6 Å². The van der Waals surface area contributed by atoms with Crippen molar-refractivity contribution in [1.82, 2.24) is 0 Å². The minimum atomic E-state index is -3.08. The molecular weight excluding hydrogens is 333 g/mol. The van der Waals surface area contributed by atoms with Crippen molar-refractivity contribution in [3.63, 3.8) is 0 Å². The highest BCUT2D eigenvalue weighted by molar-refractivity contribution is 6.02. The van der Waals surface area contributed by atoms with Gasteiger partial charge in [-0.25, -0.2) is 9.18 Å². The van der Waals surface area contributed by atoms with Crippen LogP contribution >= 0.6 is 0 Å². The van der Waals surface area contributed by atoms with E-state index in [2.05, 4.69) is 4.74 Å². The molecule has 3 aromatic carbocycles. The van der Waals surface area contributed by atoms with Crippen LogP contribution in [0.2, 0.25) is 0 Å². The summed E-state index contributed by atoms with van der Waals surface area (Å²) in [7, 11) is 1.27. The minimum absolute atomic E-state index is 0.272. The molecule has 0 aliphatic carbocycles. The summed E-state index contributed by atoms with van der Waals surface area (Å²) in [6, 6.07) is 13.6. The van der Waals surface area contributed by atoms with E-state index in [1.165, 1.54) is 13.2 Å². The molecule has 0 aliphatic rings. The number of alkyl halides is 2. The van der Waals surface area contributed by atoms with Gasteiger partial charge in [0, 0.05) is 11.6 Å². The zero-order chi connectivity index (χ0) is 18.0. The van der Waals surface area contributed by atoms with Gasteiger partial charge < -0.3 is 9.47 Å². The van der Waals surface area contributed by atoms with Crippen molar-refractivity contribution in [2.75, 3.05) is 7.11 Å². The zero-order valence-electron chi connectivity index (χ0n) is 13.1. The Morgan fingerprint density at radius 2 is 1.80 bits per heavy atom. The lowest BCUT2D eigenvalue weighted by Gasteiger charge is -2.13. The number of halogens is 3. The Kier molecular flexibility index (Phi) is 4.61. The maximum atomic E-state index is 13.5. The second-order valence-electron chi connectivity index (χ2n) is 5.25. The monoisotopic (exact) mass is 346 g/mol. The van der Waals surface area contributed by atoms with Crippen LogP contribution in [0.5, 0.6) is 5.75 Å². The molecule has 0 unspecified atom stereocenters. The molecule has 25 heavy (non-hydrogen) atoms. The Morgan fingerprint density at radius 3 is 2.52 bits per heavy atom. The first kappa shape index (κ1) is 16.8. The van der Waals surface area contributed by atoms with Crippen molar-refractivity contribution in [1.29, 1.82) is 0 Å². The average Bonchev–Trinajstić information content (AvgIpc) is 2.60. The minimum Gasteiger partial charge on any atom is -0.465 e. The van der Waals surface area contributed by atoms with E-state index in [9.17, 15) is 18.0 Å². The van der Waals surface area contributed by atoms with E-state index in [1.54, 1.807) is 30.3 Å². The van der Waals surface area contributed by atoms with E-state index in [4.69, 9.17) is 4.74 Å². The summed E-state index contributed by atoms with van der Waals surface area (Å²) in [6.45, 7) is -3.08. The molecule has 0 saturated heterocycles. The van der Waals surface area contributed by atoms with Gasteiger partial charge >= 0.3 is 12.6 Å². The second-order valence-corrected chi connectivity index (χ2v) is 5.25. The van der Waals surface area contributed by atoms with Crippen molar-refractivity contribution in [3.05, 3.63) is 66.0 Å². The number of carbonyl (C=O) groups excluding carboxylic acids is 1. The molecule has 3 rings (SSSR count). The third-order valence-electron chi connectivity index (χ3n) is 3.75. The molecule has 128 valence electrons. The topological polar surface area (TPSA) is 35.5 Å². The van der Waals surface area contributed by atoms with Crippen LogP contribution < -0.4 is 4.74 Å². The molecule has 3 nitrogen and oxygen atoms in total. The van der Waals surface area contributed by atoms with E-state index < -0.39 is 18.4 Å². The fourth-order valence-corrected chi connectivity index (χ4v) is 2.66. The van der Waals surface area contributed by atoms with Gasteiger partial charge in [-0.2, -0.15) is 8.78 Å². The van der Waals surface area contributed by atoms with Gasteiger partial charge in [-0.3, -0.25) is 0 Å². The van der Waals surface area contributed by atoms with Gasteiger partial charge in [0.05, 0.1) is 12.7 Å². The lowest BCUT2D eigenvalue weighted by molar-refractivity contribution is -0.0496. The second kappa shape index (κ2) is 6.84. The summed E-state index contributed by atoms with van der Waals surface area (Å²) < 4.78 is 48.0. The maximum Gasteiger partial charge on any atom is 0.387 e. The molecule has 0 aliphatic heterocycles. The number of hydrogen-bond acceptors (Lipinski definition) is 3. The van der Waals surface area contributed by atoms with Crippen LogP contribution in [0.15, 0.2) is 54.6 Å². The number of benzene rings is 3. The van der Waals surface area contributed by atoms with Crippen LogP contribution in [-0.2, 0) is 4.74 Å². The predicted molar refractivity (Wildman–Crippen MR) is 87.3 cm³/mol. The summed E-state index contributed by atoms with van der Waals surface area (Å²) >= 11 is 0. The summed E-state index contributed by atoms with van der Waals surface area (Å²) in [5, 5.41) is 1.42. The molecule has 0 radical (unpaired) electrons. The summed E-state index contributed by atoms with van der Waals surface area (Å²) in [5.41, 5.74) is 1.16. The van der Waals surface area contributed by atoms with Crippen LogP contribution in [0.4, 0.5) is 13.2 Å². The van der Waals surface area contributed by atoms with Crippen LogP contribution in [0.25, 0.3) is 21.9 Å². The number of ether oxygens (including phenoxy) is 2. The standard InChI is InChI=1S/C19H13F3O3/c1-24-18(23)12-6-5-11-3-2-4-14(16(11)9-12)15-8-7-13(20)10-17(15)25-19(21)22/h2-10,19H,1H3.